The molecule has 5 heteroatoms. The van der Waals surface area contributed by atoms with Crippen molar-refractivity contribution < 1.29 is 8.78 Å². The van der Waals surface area contributed by atoms with Gasteiger partial charge in [-0.05, 0) is 50.0 Å². The van der Waals surface area contributed by atoms with Gasteiger partial charge >= 0.3 is 0 Å². The van der Waals surface area contributed by atoms with Gasteiger partial charge in [-0.25, -0.2) is 8.78 Å². The summed E-state index contributed by atoms with van der Waals surface area (Å²) in [6.07, 6.45) is 8.87. The maximum atomic E-state index is 13.8. The number of nitrogens with one attached hydrogen (secondary N) is 2. The van der Waals surface area contributed by atoms with Crippen LogP contribution in [-0.2, 0) is 0 Å². The largest absolute Gasteiger partial charge is 0.309 e. The molecule has 2 fully saturated rings. The number of hydrogen-bond donors (Lipinski definition) is 2. The van der Waals surface area contributed by atoms with Crippen LogP contribution in [0.3, 0.4) is 0 Å². The first-order chi connectivity index (χ1) is 11.6. The summed E-state index contributed by atoms with van der Waals surface area (Å²) in [6.45, 7) is 4.46. The van der Waals surface area contributed by atoms with Crippen LogP contribution < -0.4 is 10.6 Å². The Morgan fingerprint density at radius 3 is 2.88 bits per heavy atom. The SMILES string of the molecule is CC1CC(C2NCCC=C2C2CCC3NC(F)CN3C2)C=CC1F. The van der Waals surface area contributed by atoms with E-state index in [0.29, 0.717) is 24.4 Å². The van der Waals surface area contributed by atoms with Crippen LogP contribution in [0.25, 0.3) is 0 Å². The van der Waals surface area contributed by atoms with Crippen molar-refractivity contribution in [2.24, 2.45) is 17.8 Å². The van der Waals surface area contributed by atoms with E-state index < -0.39 is 12.5 Å². The quantitative estimate of drug-likeness (QED) is 0.599. The second-order valence-electron chi connectivity index (χ2n) is 8.01. The third kappa shape index (κ3) is 3.18. The molecule has 0 bridgehead atoms. The highest BCUT2D eigenvalue weighted by Crippen LogP contribution is 2.37. The predicted octanol–water partition coefficient (Wildman–Crippen LogP) is 2.76. The fourth-order valence-electron chi connectivity index (χ4n) is 5.04. The van der Waals surface area contributed by atoms with Crippen LogP contribution in [0.1, 0.15) is 32.6 Å². The average Bonchev–Trinajstić information content (AvgIpc) is 2.96. The van der Waals surface area contributed by atoms with E-state index in [1.165, 1.54) is 5.57 Å². The highest BCUT2D eigenvalue weighted by atomic mass is 19.1. The van der Waals surface area contributed by atoms with Crippen LogP contribution in [0.5, 0.6) is 0 Å². The number of hydrogen-bond acceptors (Lipinski definition) is 3. The van der Waals surface area contributed by atoms with Gasteiger partial charge < -0.3 is 5.32 Å². The molecular weight excluding hydrogens is 308 g/mol. The molecule has 0 aromatic carbocycles. The molecule has 4 aliphatic rings. The molecule has 1 aliphatic carbocycles. The summed E-state index contributed by atoms with van der Waals surface area (Å²) < 4.78 is 27.4. The Balaban J connectivity index is 1.49. The number of halogens is 2. The van der Waals surface area contributed by atoms with Gasteiger partial charge in [0.2, 0.25) is 0 Å². The van der Waals surface area contributed by atoms with Crippen LogP contribution in [-0.4, -0.2) is 49.2 Å². The van der Waals surface area contributed by atoms with Gasteiger partial charge in [-0.3, -0.25) is 10.2 Å². The lowest BCUT2D eigenvalue weighted by Crippen LogP contribution is -2.49. The summed E-state index contributed by atoms with van der Waals surface area (Å²) in [7, 11) is 0. The number of allylic oxidation sites excluding steroid dienone is 1. The lowest BCUT2D eigenvalue weighted by Gasteiger charge is -2.42. The van der Waals surface area contributed by atoms with Crippen molar-refractivity contribution in [3.63, 3.8) is 0 Å². The average molecular weight is 337 g/mol. The number of alkyl halides is 2. The molecule has 24 heavy (non-hydrogen) atoms. The minimum atomic E-state index is -0.883. The molecule has 7 unspecified atom stereocenters. The Bertz CT molecular complexity index is 521. The fraction of sp³-hybridized carbons (Fsp3) is 0.789. The third-order valence-electron chi connectivity index (χ3n) is 6.33. The Labute approximate surface area is 143 Å². The van der Waals surface area contributed by atoms with E-state index in [2.05, 4.69) is 27.7 Å². The molecule has 0 aromatic heterocycles. The molecular formula is C19H29F2N3. The van der Waals surface area contributed by atoms with Gasteiger partial charge in [-0.15, -0.1) is 0 Å². The van der Waals surface area contributed by atoms with Crippen molar-refractivity contribution in [3.05, 3.63) is 23.8 Å². The molecule has 4 rings (SSSR count). The predicted molar refractivity (Wildman–Crippen MR) is 91.9 cm³/mol. The third-order valence-corrected chi connectivity index (χ3v) is 6.33. The van der Waals surface area contributed by atoms with Gasteiger partial charge in [0.15, 0.2) is 6.30 Å². The smallest absolute Gasteiger partial charge is 0.165 e. The summed E-state index contributed by atoms with van der Waals surface area (Å²) in [5.41, 5.74) is 1.49. The van der Waals surface area contributed by atoms with Crippen molar-refractivity contribution in [2.75, 3.05) is 19.6 Å². The molecule has 2 saturated heterocycles. The Morgan fingerprint density at radius 1 is 1.17 bits per heavy atom. The van der Waals surface area contributed by atoms with E-state index >= 15 is 0 Å². The van der Waals surface area contributed by atoms with Crippen molar-refractivity contribution in [3.8, 4) is 0 Å². The molecule has 7 atom stereocenters. The highest BCUT2D eigenvalue weighted by Gasteiger charge is 2.40. The first kappa shape index (κ1) is 16.7. The van der Waals surface area contributed by atoms with E-state index in [0.717, 1.165) is 38.8 Å². The van der Waals surface area contributed by atoms with Crippen LogP contribution >= 0.6 is 0 Å². The van der Waals surface area contributed by atoms with Gasteiger partial charge in [0.1, 0.15) is 6.17 Å². The van der Waals surface area contributed by atoms with Crippen LogP contribution in [0, 0.1) is 17.8 Å². The molecule has 3 heterocycles. The zero-order valence-corrected chi connectivity index (χ0v) is 14.4. The zero-order valence-electron chi connectivity index (χ0n) is 14.4. The molecule has 0 saturated carbocycles. The summed E-state index contributed by atoms with van der Waals surface area (Å²) in [4.78, 5) is 2.27. The van der Waals surface area contributed by atoms with Crippen molar-refractivity contribution in [1.82, 2.24) is 15.5 Å². The second kappa shape index (κ2) is 6.85. The standard InChI is InChI=1S/C19H29F2N3/c1-12-9-13(4-6-16(12)20)19-15(3-2-8-22-19)14-5-7-18-23-17(21)11-24(18)10-14/h3-4,6,12-14,16-19,22-23H,2,5,7-11H2,1H3. The number of rotatable bonds is 2. The van der Waals surface area contributed by atoms with E-state index in [1.807, 2.05) is 6.92 Å². The Kier molecular flexibility index (Phi) is 4.76. The van der Waals surface area contributed by atoms with Crippen LogP contribution in [0.2, 0.25) is 0 Å². The van der Waals surface area contributed by atoms with E-state index in [9.17, 15) is 8.78 Å². The Hall–Kier alpha value is -0.780. The Morgan fingerprint density at radius 2 is 2.04 bits per heavy atom. The van der Waals surface area contributed by atoms with Gasteiger partial charge in [0.05, 0.1) is 6.17 Å². The molecule has 2 N–H and O–H groups in total. The fourth-order valence-corrected chi connectivity index (χ4v) is 5.04. The topological polar surface area (TPSA) is 27.3 Å². The number of nitrogens with zero attached hydrogens (tertiary/aromatic N) is 1. The summed E-state index contributed by atoms with van der Waals surface area (Å²) in [5, 5.41) is 6.73. The first-order valence-corrected chi connectivity index (χ1v) is 9.51. The van der Waals surface area contributed by atoms with Crippen molar-refractivity contribution in [2.45, 2.75) is 57.3 Å². The zero-order chi connectivity index (χ0) is 16.7. The maximum Gasteiger partial charge on any atom is 0.165 e. The summed E-state index contributed by atoms with van der Waals surface area (Å²) in [6, 6.07) is 0.322. The molecule has 3 aliphatic heterocycles. The van der Waals surface area contributed by atoms with E-state index in [-0.39, 0.29) is 12.1 Å². The summed E-state index contributed by atoms with van der Waals surface area (Å²) >= 11 is 0. The monoisotopic (exact) mass is 337 g/mol. The molecule has 0 spiro atoms. The van der Waals surface area contributed by atoms with Gasteiger partial charge in [0.25, 0.3) is 0 Å². The second-order valence-corrected chi connectivity index (χ2v) is 8.01. The number of piperidine rings is 1. The lowest BCUT2D eigenvalue weighted by atomic mass is 9.74. The van der Waals surface area contributed by atoms with Crippen molar-refractivity contribution >= 4 is 0 Å². The highest BCUT2D eigenvalue weighted by molar-refractivity contribution is 5.24. The molecule has 0 aromatic rings. The van der Waals surface area contributed by atoms with Crippen molar-refractivity contribution in [1.29, 1.82) is 0 Å². The van der Waals surface area contributed by atoms with E-state index in [4.69, 9.17) is 0 Å². The number of fused-ring (bicyclic) bond motifs is 1. The van der Waals surface area contributed by atoms with Gasteiger partial charge in [-0.2, -0.15) is 0 Å². The normalized spacial score (nSPS) is 46.6. The molecule has 3 nitrogen and oxygen atoms in total. The minimum absolute atomic E-state index is 0.0933. The lowest BCUT2D eigenvalue weighted by molar-refractivity contribution is 0.143. The molecule has 0 amide bonds. The first-order valence-electron chi connectivity index (χ1n) is 9.51. The molecule has 0 radical (unpaired) electrons. The summed E-state index contributed by atoms with van der Waals surface area (Å²) in [5.74, 6) is 0.968. The maximum absolute atomic E-state index is 13.8. The van der Waals surface area contributed by atoms with Gasteiger partial charge in [-0.1, -0.05) is 30.7 Å². The molecule has 134 valence electrons. The minimum Gasteiger partial charge on any atom is -0.309 e. The van der Waals surface area contributed by atoms with E-state index in [1.54, 1.807) is 6.08 Å². The van der Waals surface area contributed by atoms with Gasteiger partial charge in [0, 0.05) is 19.1 Å². The van der Waals surface area contributed by atoms with Crippen LogP contribution in [0.15, 0.2) is 23.8 Å². The van der Waals surface area contributed by atoms with Crippen LogP contribution in [0.4, 0.5) is 8.78 Å².